The van der Waals surface area contributed by atoms with Crippen molar-refractivity contribution in [3.8, 4) is 0 Å². The highest BCUT2D eigenvalue weighted by Crippen LogP contribution is 2.42. The van der Waals surface area contributed by atoms with Crippen molar-refractivity contribution in [2.45, 2.75) is 30.8 Å². The van der Waals surface area contributed by atoms with E-state index in [1.54, 1.807) is 41.1 Å². The molecule has 0 bridgehead atoms. The molecule has 1 fully saturated rings. The second-order valence-corrected chi connectivity index (χ2v) is 7.19. The minimum absolute atomic E-state index is 0. The van der Waals surface area contributed by atoms with Crippen LogP contribution in [0.5, 0.6) is 0 Å². The molecule has 0 aliphatic heterocycles. The number of aromatic amines is 1. The summed E-state index contributed by atoms with van der Waals surface area (Å²) >= 11 is 5.89. The monoisotopic (exact) mass is 426 g/mol. The van der Waals surface area contributed by atoms with Gasteiger partial charge in [-0.3, -0.25) is 0 Å². The third-order valence-electron chi connectivity index (χ3n) is 5.31. The van der Waals surface area contributed by atoms with E-state index in [9.17, 15) is 15.3 Å². The first kappa shape index (κ1) is 20.6. The lowest BCUT2D eigenvalue weighted by molar-refractivity contribution is -0.0264. The zero-order chi connectivity index (χ0) is 19.1. The fourth-order valence-corrected chi connectivity index (χ4v) is 4.03. The predicted octanol–water partition coefficient (Wildman–Crippen LogP) is 1.75. The Kier molecular flexibility index (Phi) is 5.97. The molecule has 10 heteroatoms. The normalized spacial score (nSPS) is 26.4. The summed E-state index contributed by atoms with van der Waals surface area (Å²) in [6, 6.07) is 8.02. The number of H-pyrrole nitrogens is 1. The highest BCUT2D eigenvalue weighted by atomic mass is 35.5. The van der Waals surface area contributed by atoms with Crippen LogP contribution in [0, 0.1) is 5.92 Å². The molecule has 4 rings (SSSR count). The highest BCUT2D eigenvalue weighted by molar-refractivity contribution is 6.30. The molecule has 3 aromatic rings. The molecule has 0 spiro atoms. The van der Waals surface area contributed by atoms with Crippen LogP contribution in [-0.2, 0) is 0 Å². The lowest BCUT2D eigenvalue weighted by Crippen LogP contribution is -2.31. The average molecular weight is 427 g/mol. The van der Waals surface area contributed by atoms with Gasteiger partial charge in [-0.25, -0.2) is 4.98 Å². The molecule has 2 heterocycles. The minimum Gasteiger partial charge on any atom is -0.409 e. The number of aliphatic hydroxyl groups excluding tert-OH is 3. The van der Waals surface area contributed by atoms with Gasteiger partial charge >= 0.3 is 0 Å². The van der Waals surface area contributed by atoms with Gasteiger partial charge in [0.25, 0.3) is 0 Å². The summed E-state index contributed by atoms with van der Waals surface area (Å²) in [6.45, 7) is 0. The van der Waals surface area contributed by atoms with Crippen molar-refractivity contribution in [1.82, 2.24) is 14.5 Å². The number of nitrogens with one attached hydrogen (secondary N) is 1. The predicted molar refractivity (Wildman–Crippen MR) is 104 cm³/mol. The summed E-state index contributed by atoms with van der Waals surface area (Å²) in [4.78, 5) is 6.92. The number of halogens is 2. The topological polar surface area (TPSA) is 127 Å². The number of fused-ring (bicyclic) bond motifs is 1. The van der Waals surface area contributed by atoms with Crippen LogP contribution in [0.15, 0.2) is 48.0 Å². The van der Waals surface area contributed by atoms with Crippen LogP contribution in [0.1, 0.15) is 24.1 Å². The Morgan fingerprint density at radius 3 is 2.57 bits per heavy atom. The molecule has 0 radical (unpaired) electrons. The summed E-state index contributed by atoms with van der Waals surface area (Å²) in [6.07, 6.45) is 0.386. The molecular formula is C18H20Cl2N4O4. The van der Waals surface area contributed by atoms with Gasteiger partial charge < -0.3 is 30.1 Å². The van der Waals surface area contributed by atoms with Crippen LogP contribution in [0.2, 0.25) is 5.02 Å². The summed E-state index contributed by atoms with van der Waals surface area (Å²) in [5.41, 5.74) is 1.40. The maximum absolute atomic E-state index is 10.7. The first-order valence-corrected chi connectivity index (χ1v) is 8.91. The first-order valence-electron chi connectivity index (χ1n) is 8.53. The maximum Gasteiger partial charge on any atom is 0.203 e. The van der Waals surface area contributed by atoms with E-state index in [1.165, 1.54) is 6.33 Å². The van der Waals surface area contributed by atoms with Crippen molar-refractivity contribution < 1.29 is 20.5 Å². The standard InChI is InChI=1S/C18H19ClN4O4.ClH/c19-10-3-1-9(2-4-10)14(24)12-7-13(16(26)15(12)25)23-6-5-11-17(22-27)20-8-21-18(11)23;/h1-6,8,12-16,24-27H,7H2,(H,20,21,22);1H/t12-,13-,14?,15-,16+;/m1./s1. The van der Waals surface area contributed by atoms with Gasteiger partial charge in [-0.15, -0.1) is 12.4 Å². The Labute approximate surface area is 171 Å². The van der Waals surface area contributed by atoms with Gasteiger partial charge in [0, 0.05) is 17.1 Å². The van der Waals surface area contributed by atoms with Gasteiger partial charge in [-0.05, 0) is 30.2 Å². The quantitative estimate of drug-likeness (QED) is 0.322. The molecule has 28 heavy (non-hydrogen) atoms. The number of nitrogens with zero attached hydrogens (tertiary/aromatic N) is 3. The van der Waals surface area contributed by atoms with E-state index < -0.39 is 30.3 Å². The Balaban J connectivity index is 0.00000225. The van der Waals surface area contributed by atoms with Crippen LogP contribution in [0.25, 0.3) is 11.0 Å². The van der Waals surface area contributed by atoms with Crippen LogP contribution in [0.4, 0.5) is 0 Å². The van der Waals surface area contributed by atoms with Gasteiger partial charge in [0.1, 0.15) is 11.8 Å². The second-order valence-electron chi connectivity index (χ2n) is 6.76. The fraction of sp³-hybridized carbons (Fsp3) is 0.333. The lowest BCUT2D eigenvalue weighted by atomic mass is 9.92. The van der Waals surface area contributed by atoms with Crippen LogP contribution >= 0.6 is 24.0 Å². The van der Waals surface area contributed by atoms with E-state index in [4.69, 9.17) is 16.8 Å². The molecular weight excluding hydrogens is 407 g/mol. The Hall–Kier alpha value is -2.10. The first-order chi connectivity index (χ1) is 13.0. The molecule has 0 amide bonds. The van der Waals surface area contributed by atoms with E-state index in [1.807, 2.05) is 0 Å². The number of benzene rings is 1. The van der Waals surface area contributed by atoms with E-state index in [2.05, 4.69) is 15.1 Å². The van der Waals surface area contributed by atoms with E-state index in [-0.39, 0.29) is 17.9 Å². The molecule has 150 valence electrons. The molecule has 1 unspecified atom stereocenters. The largest absolute Gasteiger partial charge is 0.409 e. The zero-order valence-corrected chi connectivity index (χ0v) is 16.1. The molecule has 8 nitrogen and oxygen atoms in total. The molecule has 1 aromatic carbocycles. The molecule has 1 saturated carbocycles. The van der Waals surface area contributed by atoms with Crippen molar-refractivity contribution in [2.24, 2.45) is 11.1 Å². The average Bonchev–Trinajstić information content (AvgIpc) is 3.23. The van der Waals surface area contributed by atoms with E-state index >= 15 is 0 Å². The Bertz CT molecular complexity index is 1020. The van der Waals surface area contributed by atoms with E-state index in [0.29, 0.717) is 28.0 Å². The number of aliphatic hydroxyl groups is 3. The summed E-state index contributed by atoms with van der Waals surface area (Å²) < 4.78 is 1.77. The summed E-state index contributed by atoms with van der Waals surface area (Å²) in [7, 11) is 0. The van der Waals surface area contributed by atoms with Crippen LogP contribution < -0.4 is 5.49 Å². The third kappa shape index (κ3) is 3.38. The van der Waals surface area contributed by atoms with Crippen molar-refractivity contribution in [3.05, 3.63) is 58.9 Å². The summed E-state index contributed by atoms with van der Waals surface area (Å²) in [5, 5.41) is 45.3. The smallest absolute Gasteiger partial charge is 0.203 e. The fourth-order valence-electron chi connectivity index (χ4n) is 3.90. The number of hydrogen-bond donors (Lipinski definition) is 5. The summed E-state index contributed by atoms with van der Waals surface area (Å²) in [5.74, 6) is -0.549. The lowest BCUT2D eigenvalue weighted by Gasteiger charge is -2.22. The van der Waals surface area contributed by atoms with E-state index in [0.717, 1.165) is 0 Å². The van der Waals surface area contributed by atoms with Crippen LogP contribution in [0.3, 0.4) is 0 Å². The van der Waals surface area contributed by atoms with Crippen molar-refractivity contribution >= 4 is 35.0 Å². The van der Waals surface area contributed by atoms with Gasteiger partial charge in [0.15, 0.2) is 0 Å². The maximum atomic E-state index is 10.7. The third-order valence-corrected chi connectivity index (χ3v) is 5.56. The van der Waals surface area contributed by atoms with Crippen molar-refractivity contribution in [2.75, 3.05) is 0 Å². The van der Waals surface area contributed by atoms with Crippen LogP contribution in [-0.4, -0.2) is 47.3 Å². The van der Waals surface area contributed by atoms with Gasteiger partial charge in [-0.2, -0.15) is 0 Å². The molecule has 5 atom stereocenters. The van der Waals surface area contributed by atoms with Gasteiger partial charge in [0.05, 0.1) is 30.0 Å². The molecule has 2 aromatic heterocycles. The zero-order valence-electron chi connectivity index (χ0n) is 14.6. The molecule has 5 N–H and O–H groups in total. The molecule has 1 aliphatic carbocycles. The minimum atomic E-state index is -1.10. The Morgan fingerprint density at radius 1 is 1.18 bits per heavy atom. The number of hydrogen-bond acceptors (Lipinski definition) is 6. The van der Waals surface area contributed by atoms with Crippen molar-refractivity contribution in [1.29, 1.82) is 0 Å². The number of rotatable bonds is 3. The Morgan fingerprint density at radius 2 is 1.89 bits per heavy atom. The molecule has 1 aliphatic rings. The SMILES string of the molecule is Cl.ON=c1nc[nH]c2c1ccn2[C@@H]1C[C@H](C(O)c2ccc(Cl)cc2)[C@@H](O)[C@H]1O. The van der Waals surface area contributed by atoms with Gasteiger partial charge in [-0.1, -0.05) is 28.9 Å². The molecule has 0 saturated heterocycles. The van der Waals surface area contributed by atoms with Crippen molar-refractivity contribution in [3.63, 3.8) is 0 Å². The highest BCUT2D eigenvalue weighted by Gasteiger charge is 2.46. The number of aromatic nitrogens is 3. The van der Waals surface area contributed by atoms with Gasteiger partial charge in [0.2, 0.25) is 5.49 Å². The second kappa shape index (κ2) is 8.10.